The molecule has 2 unspecified atom stereocenters. The summed E-state index contributed by atoms with van der Waals surface area (Å²) in [5, 5.41) is 0. The number of nitrogens with zero attached hydrogens (tertiary/aromatic N) is 1. The highest BCUT2D eigenvalue weighted by atomic mass is 15.2. The van der Waals surface area contributed by atoms with Crippen molar-refractivity contribution >= 4 is 0 Å². The zero-order valence-corrected chi connectivity index (χ0v) is 12.4. The van der Waals surface area contributed by atoms with Crippen LogP contribution in [0.1, 0.15) is 72.1 Å². The van der Waals surface area contributed by atoms with Crippen LogP contribution >= 0.6 is 0 Å². The van der Waals surface area contributed by atoms with Crippen LogP contribution in [0.5, 0.6) is 0 Å². The summed E-state index contributed by atoms with van der Waals surface area (Å²) in [6.45, 7) is 8.66. The second-order valence-corrected chi connectivity index (χ2v) is 7.45. The molecule has 2 rings (SSSR count). The van der Waals surface area contributed by atoms with Crippen LogP contribution in [0.2, 0.25) is 0 Å². The fraction of sp³-hybridized carbons (Fsp3) is 1.00. The van der Waals surface area contributed by atoms with Gasteiger partial charge in [0.25, 0.3) is 0 Å². The van der Waals surface area contributed by atoms with E-state index < -0.39 is 0 Å². The molecule has 1 nitrogen and oxygen atoms in total. The van der Waals surface area contributed by atoms with Gasteiger partial charge in [-0.05, 0) is 62.9 Å². The summed E-state index contributed by atoms with van der Waals surface area (Å²) in [6.07, 6.45) is 11.5. The Morgan fingerprint density at radius 3 is 2.65 bits per heavy atom. The second-order valence-electron chi connectivity index (χ2n) is 7.45. The maximum atomic E-state index is 2.67. The maximum absolute atomic E-state index is 2.67. The van der Waals surface area contributed by atoms with Crippen molar-refractivity contribution in [1.29, 1.82) is 0 Å². The molecule has 1 heterocycles. The van der Waals surface area contributed by atoms with Crippen molar-refractivity contribution in [1.82, 2.24) is 4.90 Å². The summed E-state index contributed by atoms with van der Waals surface area (Å²) in [4.78, 5) is 2.67. The fourth-order valence-electron chi connectivity index (χ4n) is 4.95. The summed E-state index contributed by atoms with van der Waals surface area (Å²) in [7, 11) is 2.36. The molecular weight excluding hydrogens is 206 g/mol. The number of likely N-dealkylation sites (tertiary alicyclic amines) is 1. The predicted octanol–water partition coefficient (Wildman–Crippen LogP) is 4.47. The minimum absolute atomic E-state index is 0.551. The average Bonchev–Trinajstić information content (AvgIpc) is 2.61. The molecule has 1 heteroatoms. The topological polar surface area (TPSA) is 3.24 Å². The molecule has 0 spiro atoms. The quantitative estimate of drug-likeness (QED) is 0.697. The number of hydrogen-bond acceptors (Lipinski definition) is 1. The van der Waals surface area contributed by atoms with Gasteiger partial charge in [0, 0.05) is 6.04 Å². The van der Waals surface area contributed by atoms with Crippen molar-refractivity contribution in [3.63, 3.8) is 0 Å². The summed E-state index contributed by atoms with van der Waals surface area (Å²) in [5.41, 5.74) is 1.22. The van der Waals surface area contributed by atoms with E-state index in [1.165, 1.54) is 57.9 Å². The Morgan fingerprint density at radius 1 is 1.24 bits per heavy atom. The van der Waals surface area contributed by atoms with E-state index in [-0.39, 0.29) is 0 Å². The molecule has 1 aliphatic heterocycles. The first-order valence-electron chi connectivity index (χ1n) is 7.69. The molecule has 0 amide bonds. The van der Waals surface area contributed by atoms with Crippen LogP contribution in [-0.2, 0) is 0 Å². The van der Waals surface area contributed by atoms with Crippen molar-refractivity contribution in [2.24, 2.45) is 10.8 Å². The van der Waals surface area contributed by atoms with Gasteiger partial charge in [0.05, 0.1) is 0 Å². The van der Waals surface area contributed by atoms with Gasteiger partial charge in [-0.2, -0.15) is 0 Å². The van der Waals surface area contributed by atoms with Gasteiger partial charge in [-0.25, -0.2) is 0 Å². The molecule has 1 saturated heterocycles. The summed E-state index contributed by atoms with van der Waals surface area (Å²) < 4.78 is 0. The van der Waals surface area contributed by atoms with Gasteiger partial charge < -0.3 is 4.90 Å². The SMILES string of the molecule is CCCC(C)(C)CC12CCCC1N(C)CCC2. The molecule has 2 atom stereocenters. The van der Waals surface area contributed by atoms with Gasteiger partial charge in [0.15, 0.2) is 0 Å². The van der Waals surface area contributed by atoms with Crippen LogP contribution in [0.15, 0.2) is 0 Å². The van der Waals surface area contributed by atoms with Crippen LogP contribution < -0.4 is 0 Å². The Kier molecular flexibility index (Phi) is 3.87. The van der Waals surface area contributed by atoms with Crippen LogP contribution in [0.3, 0.4) is 0 Å². The molecule has 2 aliphatic rings. The predicted molar refractivity (Wildman–Crippen MR) is 75.2 cm³/mol. The van der Waals surface area contributed by atoms with Crippen molar-refractivity contribution in [2.45, 2.75) is 78.2 Å². The van der Waals surface area contributed by atoms with E-state index in [0.29, 0.717) is 10.8 Å². The Morgan fingerprint density at radius 2 is 1.94 bits per heavy atom. The smallest absolute Gasteiger partial charge is 0.0149 e. The van der Waals surface area contributed by atoms with E-state index >= 15 is 0 Å². The van der Waals surface area contributed by atoms with Crippen molar-refractivity contribution in [3.8, 4) is 0 Å². The molecule has 0 radical (unpaired) electrons. The monoisotopic (exact) mass is 237 g/mol. The number of hydrogen-bond donors (Lipinski definition) is 0. The zero-order chi connectivity index (χ0) is 12.5. The molecule has 0 bridgehead atoms. The lowest BCUT2D eigenvalue weighted by atomic mass is 9.64. The molecule has 1 saturated carbocycles. The lowest BCUT2D eigenvalue weighted by molar-refractivity contribution is 0.0160. The minimum Gasteiger partial charge on any atom is -0.303 e. The van der Waals surface area contributed by atoms with Gasteiger partial charge in [0.2, 0.25) is 0 Å². The lowest BCUT2D eigenvalue weighted by Crippen LogP contribution is -2.49. The standard InChI is InChI=1S/C16H31N/c1-5-9-15(2,3)13-16-10-6-8-14(16)17(4)12-7-11-16/h14H,5-13H2,1-4H3. The average molecular weight is 237 g/mol. The Balaban J connectivity index is 2.10. The Bertz CT molecular complexity index is 258. The van der Waals surface area contributed by atoms with Crippen molar-refractivity contribution < 1.29 is 0 Å². The first kappa shape index (κ1) is 13.4. The van der Waals surface area contributed by atoms with Crippen molar-refractivity contribution in [3.05, 3.63) is 0 Å². The number of piperidine rings is 1. The fourth-order valence-corrected chi connectivity index (χ4v) is 4.95. The molecule has 0 aromatic heterocycles. The van der Waals surface area contributed by atoms with E-state index in [9.17, 15) is 0 Å². The molecule has 100 valence electrons. The Hall–Kier alpha value is -0.0400. The van der Waals surface area contributed by atoms with Gasteiger partial charge in [0.1, 0.15) is 0 Å². The number of rotatable bonds is 4. The first-order valence-corrected chi connectivity index (χ1v) is 7.69. The highest BCUT2D eigenvalue weighted by molar-refractivity contribution is 5.01. The number of fused-ring (bicyclic) bond motifs is 1. The third-order valence-electron chi connectivity index (χ3n) is 5.33. The highest BCUT2D eigenvalue weighted by Crippen LogP contribution is 2.53. The van der Waals surface area contributed by atoms with E-state index in [1.807, 2.05) is 0 Å². The molecule has 17 heavy (non-hydrogen) atoms. The molecular formula is C16H31N. The van der Waals surface area contributed by atoms with E-state index in [4.69, 9.17) is 0 Å². The molecule has 0 aromatic rings. The van der Waals surface area contributed by atoms with Gasteiger partial charge >= 0.3 is 0 Å². The largest absolute Gasteiger partial charge is 0.303 e. The third kappa shape index (κ3) is 2.70. The molecule has 2 fully saturated rings. The minimum atomic E-state index is 0.551. The summed E-state index contributed by atoms with van der Waals surface area (Å²) in [6, 6.07) is 0.896. The third-order valence-corrected chi connectivity index (χ3v) is 5.33. The lowest BCUT2D eigenvalue weighted by Gasteiger charge is -2.48. The molecule has 0 N–H and O–H groups in total. The first-order chi connectivity index (χ1) is 7.99. The van der Waals surface area contributed by atoms with Crippen LogP contribution in [0.25, 0.3) is 0 Å². The summed E-state index contributed by atoms with van der Waals surface area (Å²) >= 11 is 0. The van der Waals surface area contributed by atoms with Crippen LogP contribution in [-0.4, -0.2) is 24.5 Å². The summed E-state index contributed by atoms with van der Waals surface area (Å²) in [5.74, 6) is 0. The highest BCUT2D eigenvalue weighted by Gasteiger charge is 2.48. The molecule has 1 aliphatic carbocycles. The Labute approximate surface area is 108 Å². The van der Waals surface area contributed by atoms with Crippen LogP contribution in [0.4, 0.5) is 0 Å². The second kappa shape index (κ2) is 4.91. The van der Waals surface area contributed by atoms with Gasteiger partial charge in [-0.3, -0.25) is 0 Å². The maximum Gasteiger partial charge on any atom is 0.0149 e. The zero-order valence-electron chi connectivity index (χ0n) is 12.4. The van der Waals surface area contributed by atoms with E-state index in [0.717, 1.165) is 6.04 Å². The van der Waals surface area contributed by atoms with Crippen molar-refractivity contribution in [2.75, 3.05) is 13.6 Å². The van der Waals surface area contributed by atoms with Gasteiger partial charge in [-0.15, -0.1) is 0 Å². The molecule has 0 aromatic carbocycles. The van der Waals surface area contributed by atoms with E-state index in [2.05, 4.69) is 32.7 Å². The van der Waals surface area contributed by atoms with E-state index in [1.54, 1.807) is 0 Å². The van der Waals surface area contributed by atoms with Gasteiger partial charge in [-0.1, -0.05) is 33.6 Å². The normalized spacial score (nSPS) is 34.9. The van der Waals surface area contributed by atoms with Crippen LogP contribution in [0, 0.1) is 10.8 Å².